The zero-order valence-corrected chi connectivity index (χ0v) is 26.8. The number of carbonyl (C=O) groups is 1. The molecule has 0 radical (unpaired) electrons. The minimum absolute atomic E-state index is 0.0510. The SMILES string of the molecule is CCOc1cc(C=Nn2c(-c3cc4cc(Br)ccc4o3)nc3ccccc3c2=O)cc(Br)c1OCC(=O)Nc1ccccc1F. The maximum atomic E-state index is 13.9. The lowest BCUT2D eigenvalue weighted by molar-refractivity contribution is -0.118. The van der Waals surface area contributed by atoms with E-state index in [1.165, 1.54) is 29.1 Å². The van der Waals surface area contributed by atoms with E-state index in [-0.39, 0.29) is 22.8 Å². The first-order valence-electron chi connectivity index (χ1n) is 13.7. The van der Waals surface area contributed by atoms with Crippen LogP contribution in [-0.2, 0) is 4.79 Å². The van der Waals surface area contributed by atoms with Crippen molar-refractivity contribution in [1.82, 2.24) is 9.66 Å². The van der Waals surface area contributed by atoms with Gasteiger partial charge in [-0.15, -0.1) is 0 Å². The van der Waals surface area contributed by atoms with E-state index in [1.807, 2.05) is 31.2 Å². The van der Waals surface area contributed by atoms with Crippen LogP contribution in [0.25, 0.3) is 33.5 Å². The molecule has 0 saturated heterocycles. The summed E-state index contributed by atoms with van der Waals surface area (Å²) >= 11 is 6.96. The van der Waals surface area contributed by atoms with Gasteiger partial charge in [0.05, 0.1) is 33.9 Å². The Morgan fingerprint density at radius 1 is 1.04 bits per heavy atom. The fourth-order valence-electron chi connectivity index (χ4n) is 4.59. The van der Waals surface area contributed by atoms with Crippen LogP contribution < -0.4 is 20.3 Å². The number of hydrogen-bond donors (Lipinski definition) is 1. The van der Waals surface area contributed by atoms with Gasteiger partial charge < -0.3 is 19.2 Å². The summed E-state index contributed by atoms with van der Waals surface area (Å²) in [6.07, 6.45) is 1.49. The molecule has 0 aliphatic rings. The first-order chi connectivity index (χ1) is 21.8. The van der Waals surface area contributed by atoms with E-state index >= 15 is 0 Å². The number of rotatable bonds is 9. The van der Waals surface area contributed by atoms with Gasteiger partial charge in [-0.2, -0.15) is 9.78 Å². The number of anilines is 1. The average Bonchev–Trinajstić information content (AvgIpc) is 3.44. The largest absolute Gasteiger partial charge is 0.490 e. The standard InChI is InChI=1S/C33H23Br2FN4O5/c1-2-43-28-14-19(13-23(35)31(28)44-18-30(41)38-26-10-6-4-8-24(26)36)17-37-40-32(39-25-9-5-3-7-22(25)33(40)42)29-16-20-15-21(34)11-12-27(20)45-29/h3-17H,2,18H2,1H3,(H,38,41). The van der Waals surface area contributed by atoms with Crippen LogP contribution in [0, 0.1) is 5.82 Å². The van der Waals surface area contributed by atoms with Crippen molar-refractivity contribution in [3.8, 4) is 23.1 Å². The van der Waals surface area contributed by atoms with E-state index in [0.29, 0.717) is 44.6 Å². The first kappa shape index (κ1) is 30.2. The average molecular weight is 734 g/mol. The van der Waals surface area contributed by atoms with Gasteiger partial charge in [-0.25, -0.2) is 9.37 Å². The van der Waals surface area contributed by atoms with Gasteiger partial charge in [0.2, 0.25) is 5.82 Å². The number of amides is 1. The van der Waals surface area contributed by atoms with Gasteiger partial charge in [-0.05, 0) is 89.1 Å². The molecule has 0 spiro atoms. The molecular weight excluding hydrogens is 711 g/mol. The Balaban J connectivity index is 1.33. The molecule has 0 saturated carbocycles. The van der Waals surface area contributed by atoms with Crippen LogP contribution in [0.5, 0.6) is 11.5 Å². The second kappa shape index (κ2) is 13.0. The van der Waals surface area contributed by atoms with Gasteiger partial charge in [0.1, 0.15) is 11.4 Å². The molecule has 0 aliphatic heterocycles. The van der Waals surface area contributed by atoms with Crippen LogP contribution in [0.2, 0.25) is 0 Å². The Labute approximate surface area is 272 Å². The zero-order valence-electron chi connectivity index (χ0n) is 23.6. The van der Waals surface area contributed by atoms with E-state index in [1.54, 1.807) is 42.5 Å². The third kappa shape index (κ3) is 6.52. The summed E-state index contributed by atoms with van der Waals surface area (Å²) in [5, 5.41) is 8.23. The van der Waals surface area contributed by atoms with E-state index in [2.05, 4.69) is 42.3 Å². The Hall–Kier alpha value is -4.81. The van der Waals surface area contributed by atoms with Crippen molar-refractivity contribution in [2.45, 2.75) is 6.92 Å². The van der Waals surface area contributed by atoms with Crippen molar-refractivity contribution in [2.75, 3.05) is 18.5 Å². The minimum Gasteiger partial charge on any atom is -0.490 e. The lowest BCUT2D eigenvalue weighted by Crippen LogP contribution is -2.21. The van der Waals surface area contributed by atoms with Crippen molar-refractivity contribution in [3.05, 3.63) is 116 Å². The van der Waals surface area contributed by atoms with Crippen LogP contribution in [0.4, 0.5) is 10.1 Å². The lowest BCUT2D eigenvalue weighted by Gasteiger charge is -2.15. The molecule has 0 fully saturated rings. The third-order valence-corrected chi connectivity index (χ3v) is 7.68. The molecule has 0 bridgehead atoms. The smallest absolute Gasteiger partial charge is 0.282 e. The lowest BCUT2D eigenvalue weighted by atomic mass is 10.2. The highest BCUT2D eigenvalue weighted by Gasteiger charge is 2.18. The Bertz CT molecular complexity index is 2160. The van der Waals surface area contributed by atoms with Crippen LogP contribution in [0.1, 0.15) is 12.5 Å². The van der Waals surface area contributed by atoms with Crippen LogP contribution in [0.15, 0.2) is 108 Å². The third-order valence-electron chi connectivity index (χ3n) is 6.60. The molecular formula is C33H23Br2FN4O5. The monoisotopic (exact) mass is 732 g/mol. The maximum Gasteiger partial charge on any atom is 0.282 e. The van der Waals surface area contributed by atoms with Gasteiger partial charge in [0.25, 0.3) is 11.5 Å². The highest BCUT2D eigenvalue weighted by atomic mass is 79.9. The molecule has 4 aromatic carbocycles. The molecule has 226 valence electrons. The molecule has 0 aliphatic carbocycles. The number of para-hydroxylation sites is 2. The van der Waals surface area contributed by atoms with E-state index < -0.39 is 18.3 Å². The van der Waals surface area contributed by atoms with Crippen LogP contribution in [0.3, 0.4) is 0 Å². The molecule has 9 nitrogen and oxygen atoms in total. The summed E-state index contributed by atoms with van der Waals surface area (Å²) in [4.78, 5) is 30.8. The number of nitrogens with zero attached hydrogens (tertiary/aromatic N) is 3. The predicted octanol–water partition coefficient (Wildman–Crippen LogP) is 7.77. The van der Waals surface area contributed by atoms with E-state index in [0.717, 1.165) is 9.86 Å². The first-order valence-corrected chi connectivity index (χ1v) is 15.3. The summed E-state index contributed by atoms with van der Waals surface area (Å²) in [5.74, 6) is 0.107. The van der Waals surface area contributed by atoms with E-state index in [9.17, 15) is 14.0 Å². The van der Waals surface area contributed by atoms with Gasteiger partial charge in [0, 0.05) is 9.86 Å². The number of carbonyl (C=O) groups excluding carboxylic acids is 1. The second-order valence-corrected chi connectivity index (χ2v) is 11.5. The quantitative estimate of drug-likeness (QED) is 0.152. The molecule has 2 aromatic heterocycles. The highest BCUT2D eigenvalue weighted by Crippen LogP contribution is 2.37. The van der Waals surface area contributed by atoms with Crippen molar-refractivity contribution in [3.63, 3.8) is 0 Å². The van der Waals surface area contributed by atoms with Gasteiger partial charge in [-0.3, -0.25) is 9.59 Å². The van der Waals surface area contributed by atoms with Crippen molar-refractivity contribution >= 4 is 71.5 Å². The number of nitrogens with one attached hydrogen (secondary N) is 1. The molecule has 1 amide bonds. The molecule has 6 aromatic rings. The predicted molar refractivity (Wildman–Crippen MR) is 178 cm³/mol. The number of ether oxygens (including phenoxy) is 2. The normalized spacial score (nSPS) is 11.4. The molecule has 0 unspecified atom stereocenters. The number of hydrogen-bond acceptors (Lipinski definition) is 7. The molecule has 45 heavy (non-hydrogen) atoms. The van der Waals surface area contributed by atoms with Crippen molar-refractivity contribution in [1.29, 1.82) is 0 Å². The Morgan fingerprint density at radius 3 is 2.67 bits per heavy atom. The number of fused-ring (bicyclic) bond motifs is 2. The fraction of sp³-hybridized carbons (Fsp3) is 0.0909. The summed E-state index contributed by atoms with van der Waals surface area (Å²) in [6.45, 7) is 1.73. The van der Waals surface area contributed by atoms with Gasteiger partial charge in [0.15, 0.2) is 23.9 Å². The Kier molecular flexibility index (Phi) is 8.76. The summed E-state index contributed by atoms with van der Waals surface area (Å²) in [5.41, 5.74) is 1.38. The molecule has 0 atom stereocenters. The molecule has 12 heteroatoms. The number of halogens is 3. The van der Waals surface area contributed by atoms with Crippen molar-refractivity contribution < 1.29 is 23.1 Å². The van der Waals surface area contributed by atoms with Gasteiger partial charge >= 0.3 is 0 Å². The number of benzene rings is 4. The molecule has 1 N–H and O–H groups in total. The van der Waals surface area contributed by atoms with Crippen LogP contribution >= 0.6 is 31.9 Å². The Morgan fingerprint density at radius 2 is 1.84 bits per heavy atom. The van der Waals surface area contributed by atoms with Gasteiger partial charge in [-0.1, -0.05) is 40.2 Å². The fourth-order valence-corrected chi connectivity index (χ4v) is 5.54. The van der Waals surface area contributed by atoms with Crippen molar-refractivity contribution in [2.24, 2.45) is 5.10 Å². The second-order valence-electron chi connectivity index (χ2n) is 9.69. The summed E-state index contributed by atoms with van der Waals surface area (Å²) in [6, 6.07) is 23.7. The summed E-state index contributed by atoms with van der Waals surface area (Å²) in [7, 11) is 0. The minimum atomic E-state index is -0.553. The van der Waals surface area contributed by atoms with Crippen LogP contribution in [-0.4, -0.2) is 35.0 Å². The zero-order chi connectivity index (χ0) is 31.5. The maximum absolute atomic E-state index is 13.9. The summed E-state index contributed by atoms with van der Waals surface area (Å²) < 4.78 is 34.1. The molecule has 6 rings (SSSR count). The topological polar surface area (TPSA) is 108 Å². The number of furan rings is 1. The highest BCUT2D eigenvalue weighted by molar-refractivity contribution is 9.10. The molecule has 2 heterocycles. The number of aromatic nitrogens is 2. The van der Waals surface area contributed by atoms with E-state index in [4.69, 9.17) is 18.9 Å².